The van der Waals surface area contributed by atoms with Gasteiger partial charge in [-0.05, 0) is 19.4 Å². The Kier molecular flexibility index (Phi) is 3.12. The van der Waals surface area contributed by atoms with E-state index in [0.29, 0.717) is 12.5 Å². The Hall–Kier alpha value is -0.540. The van der Waals surface area contributed by atoms with Crippen molar-refractivity contribution >= 4 is 12.4 Å². The third-order valence-electron chi connectivity index (χ3n) is 1.96. The molecule has 2 rings (SSSR count). The second-order valence-electron chi connectivity index (χ2n) is 3.03. The van der Waals surface area contributed by atoms with E-state index in [1.54, 1.807) is 0 Å². The average Bonchev–Trinajstić information content (AvgIpc) is 2.75. The summed E-state index contributed by atoms with van der Waals surface area (Å²) >= 11 is 0. The molecule has 1 fully saturated rings. The second-order valence-corrected chi connectivity index (χ2v) is 3.03. The number of hydrogen-bond donors (Lipinski definition) is 1. The lowest BCUT2D eigenvalue weighted by Gasteiger charge is -1.84. The van der Waals surface area contributed by atoms with E-state index < -0.39 is 0 Å². The summed E-state index contributed by atoms with van der Waals surface area (Å²) in [5.41, 5.74) is 6.37. The van der Waals surface area contributed by atoms with E-state index in [9.17, 15) is 0 Å². The Balaban J connectivity index is 0.000000720. The zero-order valence-corrected chi connectivity index (χ0v) is 7.64. The van der Waals surface area contributed by atoms with Gasteiger partial charge in [0, 0.05) is 18.4 Å². The van der Waals surface area contributed by atoms with Gasteiger partial charge in [-0.25, -0.2) is 0 Å². The molecule has 3 nitrogen and oxygen atoms in total. The van der Waals surface area contributed by atoms with Gasteiger partial charge in [0.15, 0.2) is 0 Å². The number of nitrogens with zero attached hydrogens (tertiary/aromatic N) is 1. The zero-order valence-electron chi connectivity index (χ0n) is 6.82. The first-order valence-corrected chi connectivity index (χ1v) is 4.05. The van der Waals surface area contributed by atoms with Crippen molar-refractivity contribution < 1.29 is 4.52 Å². The van der Waals surface area contributed by atoms with E-state index >= 15 is 0 Å². The third-order valence-corrected chi connectivity index (χ3v) is 1.96. The fourth-order valence-electron chi connectivity index (χ4n) is 1.15. The molecule has 2 N–H and O–H groups in total. The van der Waals surface area contributed by atoms with Crippen LogP contribution < -0.4 is 5.73 Å². The highest BCUT2D eigenvalue weighted by Crippen LogP contribution is 2.40. The molecule has 68 valence electrons. The quantitative estimate of drug-likeness (QED) is 0.782. The first-order chi connectivity index (χ1) is 5.40. The molecule has 0 unspecified atom stereocenters. The van der Waals surface area contributed by atoms with Crippen molar-refractivity contribution in [2.75, 3.05) is 6.54 Å². The van der Waals surface area contributed by atoms with Crippen LogP contribution in [-0.4, -0.2) is 11.7 Å². The molecule has 0 saturated heterocycles. The largest absolute Gasteiger partial charge is 0.361 e. The zero-order chi connectivity index (χ0) is 7.68. The number of hydrogen-bond acceptors (Lipinski definition) is 3. The molecule has 1 aromatic rings. The Morgan fingerprint density at radius 2 is 2.33 bits per heavy atom. The minimum atomic E-state index is 0. The summed E-state index contributed by atoms with van der Waals surface area (Å²) in [4.78, 5) is 0. The molecular formula is C8H13ClN2O. The van der Waals surface area contributed by atoms with Crippen LogP contribution in [0.3, 0.4) is 0 Å². The fourth-order valence-corrected chi connectivity index (χ4v) is 1.15. The number of nitrogens with two attached hydrogens (primary N) is 1. The van der Waals surface area contributed by atoms with Gasteiger partial charge in [-0.1, -0.05) is 5.16 Å². The molecule has 0 bridgehead atoms. The lowest BCUT2D eigenvalue weighted by Crippen LogP contribution is -2.02. The van der Waals surface area contributed by atoms with E-state index in [1.165, 1.54) is 12.8 Å². The second kappa shape index (κ2) is 3.92. The van der Waals surface area contributed by atoms with E-state index in [4.69, 9.17) is 10.3 Å². The number of halogens is 1. The molecule has 1 heterocycles. The lowest BCUT2D eigenvalue weighted by atomic mass is 10.2. The fraction of sp³-hybridized carbons (Fsp3) is 0.625. The summed E-state index contributed by atoms with van der Waals surface area (Å²) in [6.45, 7) is 0.649. The monoisotopic (exact) mass is 188 g/mol. The van der Waals surface area contributed by atoms with Crippen LogP contribution in [0.25, 0.3) is 0 Å². The van der Waals surface area contributed by atoms with Gasteiger partial charge in [-0.15, -0.1) is 12.4 Å². The van der Waals surface area contributed by atoms with Crippen molar-refractivity contribution in [1.29, 1.82) is 0 Å². The van der Waals surface area contributed by atoms with Crippen molar-refractivity contribution in [2.45, 2.75) is 25.2 Å². The van der Waals surface area contributed by atoms with Crippen molar-refractivity contribution in [2.24, 2.45) is 5.73 Å². The summed E-state index contributed by atoms with van der Waals surface area (Å²) in [5, 5.41) is 3.91. The Morgan fingerprint density at radius 1 is 1.58 bits per heavy atom. The highest BCUT2D eigenvalue weighted by Gasteiger charge is 2.27. The van der Waals surface area contributed by atoms with Gasteiger partial charge in [0.2, 0.25) is 0 Å². The molecule has 1 aliphatic rings. The van der Waals surface area contributed by atoms with Gasteiger partial charge in [0.05, 0.1) is 5.69 Å². The molecule has 0 atom stereocenters. The van der Waals surface area contributed by atoms with Crippen LogP contribution in [0.5, 0.6) is 0 Å². The average molecular weight is 189 g/mol. The van der Waals surface area contributed by atoms with Crippen molar-refractivity contribution in [3.8, 4) is 0 Å². The minimum Gasteiger partial charge on any atom is -0.361 e. The summed E-state index contributed by atoms with van der Waals surface area (Å²) in [5.74, 6) is 1.71. The predicted octanol–water partition coefficient (Wildman–Crippen LogP) is 1.48. The van der Waals surface area contributed by atoms with Crippen molar-refractivity contribution in [1.82, 2.24) is 5.16 Å². The van der Waals surface area contributed by atoms with E-state index in [1.807, 2.05) is 6.07 Å². The minimum absolute atomic E-state index is 0. The molecule has 4 heteroatoms. The molecule has 1 saturated carbocycles. The van der Waals surface area contributed by atoms with Crippen molar-refractivity contribution in [3.63, 3.8) is 0 Å². The van der Waals surface area contributed by atoms with Gasteiger partial charge >= 0.3 is 0 Å². The van der Waals surface area contributed by atoms with E-state index in [2.05, 4.69) is 5.16 Å². The standard InChI is InChI=1S/C8H12N2O.ClH/c9-4-3-7-5-8(11-10-7)6-1-2-6;/h5-6H,1-4,9H2;1H. The normalized spacial score (nSPS) is 15.8. The van der Waals surface area contributed by atoms with Crippen LogP contribution >= 0.6 is 12.4 Å². The number of aromatic nitrogens is 1. The van der Waals surface area contributed by atoms with Crippen LogP contribution in [0.2, 0.25) is 0 Å². The van der Waals surface area contributed by atoms with Crippen LogP contribution in [0.15, 0.2) is 10.6 Å². The maximum Gasteiger partial charge on any atom is 0.140 e. The highest BCUT2D eigenvalue weighted by molar-refractivity contribution is 5.85. The Labute approximate surface area is 77.7 Å². The summed E-state index contributed by atoms with van der Waals surface area (Å²) < 4.78 is 5.14. The number of rotatable bonds is 3. The molecule has 12 heavy (non-hydrogen) atoms. The summed E-state index contributed by atoms with van der Waals surface area (Å²) in [7, 11) is 0. The van der Waals surface area contributed by atoms with E-state index in [-0.39, 0.29) is 12.4 Å². The topological polar surface area (TPSA) is 52.0 Å². The van der Waals surface area contributed by atoms with Crippen LogP contribution in [0.1, 0.15) is 30.2 Å². The first-order valence-electron chi connectivity index (χ1n) is 4.05. The van der Waals surface area contributed by atoms with Gasteiger partial charge in [0.25, 0.3) is 0 Å². The first kappa shape index (κ1) is 9.55. The van der Waals surface area contributed by atoms with Gasteiger partial charge in [0.1, 0.15) is 5.76 Å². The molecule has 0 aliphatic heterocycles. The van der Waals surface area contributed by atoms with Crippen LogP contribution in [0.4, 0.5) is 0 Å². The Bertz CT molecular complexity index is 245. The predicted molar refractivity (Wildman–Crippen MR) is 48.5 cm³/mol. The molecule has 0 spiro atoms. The Morgan fingerprint density at radius 3 is 2.92 bits per heavy atom. The molecule has 0 aromatic carbocycles. The molecule has 0 radical (unpaired) electrons. The molecule has 0 amide bonds. The van der Waals surface area contributed by atoms with Crippen molar-refractivity contribution in [3.05, 3.63) is 17.5 Å². The molecule has 1 aliphatic carbocycles. The lowest BCUT2D eigenvalue weighted by molar-refractivity contribution is 0.378. The van der Waals surface area contributed by atoms with Gasteiger partial charge in [-0.3, -0.25) is 0 Å². The summed E-state index contributed by atoms with van der Waals surface area (Å²) in [6.07, 6.45) is 3.35. The smallest absolute Gasteiger partial charge is 0.140 e. The van der Waals surface area contributed by atoms with Crippen LogP contribution in [0, 0.1) is 0 Å². The molecular weight excluding hydrogens is 176 g/mol. The third kappa shape index (κ3) is 1.99. The summed E-state index contributed by atoms with van der Waals surface area (Å²) in [6, 6.07) is 2.03. The van der Waals surface area contributed by atoms with Gasteiger partial charge < -0.3 is 10.3 Å². The van der Waals surface area contributed by atoms with E-state index in [0.717, 1.165) is 17.9 Å². The molecule has 1 aromatic heterocycles. The maximum absolute atomic E-state index is 5.38. The van der Waals surface area contributed by atoms with Crippen LogP contribution in [-0.2, 0) is 6.42 Å². The maximum atomic E-state index is 5.38. The SMILES string of the molecule is Cl.NCCc1cc(C2CC2)on1. The highest BCUT2D eigenvalue weighted by atomic mass is 35.5. The van der Waals surface area contributed by atoms with Gasteiger partial charge in [-0.2, -0.15) is 0 Å².